The van der Waals surface area contributed by atoms with Crippen LogP contribution in [0.4, 0.5) is 0 Å². The molecule has 0 radical (unpaired) electrons. The quantitative estimate of drug-likeness (QED) is 0.398. The molecule has 0 amide bonds. The molecule has 0 aliphatic rings. The summed E-state index contributed by atoms with van der Waals surface area (Å²) in [5, 5.41) is 0. The summed E-state index contributed by atoms with van der Waals surface area (Å²) in [6, 6.07) is 26.6. The Hall–Kier alpha value is -4.05. The van der Waals surface area contributed by atoms with Crippen molar-refractivity contribution < 1.29 is 14.3 Å². The van der Waals surface area contributed by atoms with Gasteiger partial charge in [-0.2, -0.15) is 0 Å². The predicted molar refractivity (Wildman–Crippen MR) is 115 cm³/mol. The molecule has 4 heteroatoms. The highest BCUT2D eigenvalue weighted by molar-refractivity contribution is 6.16. The van der Waals surface area contributed by atoms with Crippen LogP contribution in [0.1, 0.15) is 37.4 Å². The van der Waals surface area contributed by atoms with E-state index in [9.17, 15) is 9.59 Å². The minimum absolute atomic E-state index is 0.210. The van der Waals surface area contributed by atoms with E-state index in [0.717, 1.165) is 5.56 Å². The van der Waals surface area contributed by atoms with Crippen LogP contribution in [0.15, 0.2) is 97.2 Å². The molecule has 0 atom stereocenters. The van der Waals surface area contributed by atoms with Gasteiger partial charge in [0, 0.05) is 23.4 Å². The Morgan fingerprint density at radius 3 is 1.67 bits per heavy atom. The van der Waals surface area contributed by atoms with Crippen LogP contribution in [-0.4, -0.2) is 16.6 Å². The molecule has 4 nitrogen and oxygen atoms in total. The van der Waals surface area contributed by atoms with E-state index in [2.05, 4.69) is 4.98 Å². The van der Waals surface area contributed by atoms with E-state index in [0.29, 0.717) is 28.1 Å². The zero-order valence-corrected chi connectivity index (χ0v) is 16.4. The lowest BCUT2D eigenvalue weighted by atomic mass is 9.93. The van der Waals surface area contributed by atoms with Crippen LogP contribution >= 0.6 is 0 Å². The maximum absolute atomic E-state index is 13.3. The molecule has 0 spiro atoms. The molecule has 4 aromatic rings. The average Bonchev–Trinajstić information content (AvgIpc) is 2.81. The lowest BCUT2D eigenvalue weighted by Gasteiger charge is -2.16. The molecule has 146 valence electrons. The Bertz CT molecular complexity index is 1110. The van der Waals surface area contributed by atoms with Crippen LogP contribution in [-0.2, 0) is 0 Å². The number of benzene rings is 3. The van der Waals surface area contributed by atoms with E-state index in [-0.39, 0.29) is 17.3 Å². The van der Waals surface area contributed by atoms with Gasteiger partial charge in [-0.05, 0) is 30.7 Å². The first-order valence-electron chi connectivity index (χ1n) is 9.56. The number of ether oxygens (including phenoxy) is 1. The smallest absolute Gasteiger partial charge is 0.219 e. The first kappa shape index (κ1) is 19.3. The van der Waals surface area contributed by atoms with Gasteiger partial charge in [-0.3, -0.25) is 9.59 Å². The van der Waals surface area contributed by atoms with Crippen molar-refractivity contribution in [2.75, 3.05) is 0 Å². The van der Waals surface area contributed by atoms with Crippen molar-refractivity contribution in [2.24, 2.45) is 0 Å². The predicted octanol–water partition coefficient (Wildman–Crippen LogP) is 5.64. The topological polar surface area (TPSA) is 56.3 Å². The standard InChI is InChI=1S/C26H19NO3/c1-18-16-21(24(28)19-10-4-2-5-11-19)26(30-23-14-8-9-15-27-23)22(17-18)25(29)20-12-6-3-7-13-20/h2-17H,1H3. The Kier molecular flexibility index (Phi) is 5.48. The fourth-order valence-corrected chi connectivity index (χ4v) is 3.22. The third-order valence-corrected chi connectivity index (χ3v) is 4.64. The van der Waals surface area contributed by atoms with E-state index in [4.69, 9.17) is 4.74 Å². The molecule has 0 N–H and O–H groups in total. The molecular formula is C26H19NO3. The fraction of sp³-hybridized carbons (Fsp3) is 0.0385. The molecule has 1 heterocycles. The van der Waals surface area contributed by atoms with Crippen LogP contribution in [0, 0.1) is 6.92 Å². The van der Waals surface area contributed by atoms with Crippen LogP contribution in [0.25, 0.3) is 0 Å². The summed E-state index contributed by atoms with van der Waals surface area (Å²) >= 11 is 0. The molecule has 0 saturated carbocycles. The Balaban J connectivity index is 1.90. The van der Waals surface area contributed by atoms with Crippen LogP contribution in [0.2, 0.25) is 0 Å². The summed E-state index contributed by atoms with van der Waals surface area (Å²) in [4.78, 5) is 30.8. The molecule has 0 fully saturated rings. The van der Waals surface area contributed by atoms with E-state index in [1.165, 1.54) is 0 Å². The molecule has 0 saturated heterocycles. The molecule has 0 aliphatic heterocycles. The average molecular weight is 393 g/mol. The second kappa shape index (κ2) is 8.53. The Labute approximate surface area is 174 Å². The van der Waals surface area contributed by atoms with Crippen molar-refractivity contribution in [3.05, 3.63) is 125 Å². The number of aromatic nitrogens is 1. The van der Waals surface area contributed by atoms with Crippen molar-refractivity contribution in [1.82, 2.24) is 4.98 Å². The van der Waals surface area contributed by atoms with Gasteiger partial charge in [0.05, 0.1) is 11.1 Å². The third kappa shape index (κ3) is 4.03. The van der Waals surface area contributed by atoms with Crippen LogP contribution < -0.4 is 4.74 Å². The molecular weight excluding hydrogens is 374 g/mol. The summed E-state index contributed by atoms with van der Waals surface area (Å²) in [5.41, 5.74) is 2.48. The fourth-order valence-electron chi connectivity index (χ4n) is 3.22. The first-order valence-corrected chi connectivity index (χ1v) is 9.56. The molecule has 30 heavy (non-hydrogen) atoms. The number of pyridine rings is 1. The molecule has 0 aliphatic carbocycles. The number of carbonyl (C=O) groups is 2. The van der Waals surface area contributed by atoms with Gasteiger partial charge in [0.25, 0.3) is 0 Å². The number of nitrogens with zero attached hydrogens (tertiary/aromatic N) is 1. The summed E-state index contributed by atoms with van der Waals surface area (Å²) in [6.45, 7) is 1.86. The largest absolute Gasteiger partial charge is 0.437 e. The zero-order valence-electron chi connectivity index (χ0n) is 16.4. The van der Waals surface area contributed by atoms with Gasteiger partial charge < -0.3 is 4.74 Å². The van der Waals surface area contributed by atoms with Gasteiger partial charge in [0.15, 0.2) is 17.3 Å². The summed E-state index contributed by atoms with van der Waals surface area (Å²) in [5.74, 6) is 0.0901. The minimum atomic E-state index is -0.215. The van der Waals surface area contributed by atoms with Gasteiger partial charge in [0.1, 0.15) is 0 Å². The second-order valence-corrected chi connectivity index (χ2v) is 6.85. The first-order chi connectivity index (χ1) is 14.6. The molecule has 3 aromatic carbocycles. The van der Waals surface area contributed by atoms with Gasteiger partial charge in [-0.1, -0.05) is 66.7 Å². The van der Waals surface area contributed by atoms with Crippen LogP contribution in [0.3, 0.4) is 0 Å². The minimum Gasteiger partial charge on any atom is -0.437 e. The second-order valence-electron chi connectivity index (χ2n) is 6.85. The lowest BCUT2D eigenvalue weighted by molar-refractivity contribution is 0.103. The van der Waals surface area contributed by atoms with Gasteiger partial charge in [-0.25, -0.2) is 4.98 Å². The van der Waals surface area contributed by atoms with Gasteiger partial charge in [0.2, 0.25) is 5.88 Å². The van der Waals surface area contributed by atoms with Crippen molar-refractivity contribution in [3.63, 3.8) is 0 Å². The van der Waals surface area contributed by atoms with E-state index >= 15 is 0 Å². The van der Waals surface area contributed by atoms with Crippen molar-refractivity contribution >= 4 is 11.6 Å². The number of ketones is 2. The number of aryl methyl sites for hydroxylation is 1. The maximum atomic E-state index is 13.3. The molecule has 1 aromatic heterocycles. The highest BCUT2D eigenvalue weighted by Crippen LogP contribution is 2.33. The monoisotopic (exact) mass is 393 g/mol. The summed E-state index contributed by atoms with van der Waals surface area (Å²) in [7, 11) is 0. The van der Waals surface area contributed by atoms with Gasteiger partial charge >= 0.3 is 0 Å². The maximum Gasteiger partial charge on any atom is 0.219 e. The number of hydrogen-bond acceptors (Lipinski definition) is 4. The summed E-state index contributed by atoms with van der Waals surface area (Å²) in [6.07, 6.45) is 1.60. The normalized spacial score (nSPS) is 10.4. The van der Waals surface area contributed by atoms with E-state index in [1.807, 2.05) is 19.1 Å². The van der Waals surface area contributed by atoms with Gasteiger partial charge in [-0.15, -0.1) is 0 Å². The van der Waals surface area contributed by atoms with E-state index in [1.54, 1.807) is 85.1 Å². The third-order valence-electron chi connectivity index (χ3n) is 4.64. The van der Waals surface area contributed by atoms with Crippen molar-refractivity contribution in [3.8, 4) is 11.6 Å². The Morgan fingerprint density at radius 1 is 0.700 bits per heavy atom. The van der Waals surface area contributed by atoms with Crippen LogP contribution in [0.5, 0.6) is 11.6 Å². The molecule has 0 unspecified atom stereocenters. The number of carbonyl (C=O) groups excluding carboxylic acids is 2. The van der Waals surface area contributed by atoms with Crippen molar-refractivity contribution in [2.45, 2.75) is 6.92 Å². The number of hydrogen-bond donors (Lipinski definition) is 0. The molecule has 4 rings (SSSR count). The summed E-state index contributed by atoms with van der Waals surface area (Å²) < 4.78 is 6.03. The number of rotatable bonds is 6. The Morgan fingerprint density at radius 2 is 1.20 bits per heavy atom. The van der Waals surface area contributed by atoms with E-state index < -0.39 is 0 Å². The highest BCUT2D eigenvalue weighted by atomic mass is 16.5. The lowest BCUT2D eigenvalue weighted by Crippen LogP contribution is -2.11. The highest BCUT2D eigenvalue weighted by Gasteiger charge is 2.24. The zero-order chi connectivity index (χ0) is 20.9. The molecule has 0 bridgehead atoms. The SMILES string of the molecule is Cc1cc(C(=O)c2ccccc2)c(Oc2ccccn2)c(C(=O)c2ccccc2)c1. The van der Waals surface area contributed by atoms with Crippen molar-refractivity contribution in [1.29, 1.82) is 0 Å².